The lowest BCUT2D eigenvalue weighted by Gasteiger charge is -2.12. The second-order valence-corrected chi connectivity index (χ2v) is 6.07. The molecule has 0 aliphatic carbocycles. The minimum Gasteiger partial charge on any atom is -0.378 e. The molecule has 0 bridgehead atoms. The molecule has 2 aromatic heterocycles. The standard InChI is InChI=1S/C18H20N4O2/c1-11-6-5-7-12(2)16(11)9-19-17-8-15(22(23)24)10-21-14(4)13(3)20-18(17)21/h5-8,10,19H,9H2,1-4H3. The van der Waals surface area contributed by atoms with Crippen LogP contribution in [0.3, 0.4) is 0 Å². The molecule has 2 heterocycles. The van der Waals surface area contributed by atoms with Gasteiger partial charge in [0.1, 0.15) is 0 Å². The highest BCUT2D eigenvalue weighted by Gasteiger charge is 2.16. The van der Waals surface area contributed by atoms with Crippen LogP contribution in [0.4, 0.5) is 11.4 Å². The van der Waals surface area contributed by atoms with E-state index in [0.717, 1.165) is 11.4 Å². The van der Waals surface area contributed by atoms with Crippen LogP contribution in [0.2, 0.25) is 0 Å². The Hall–Kier alpha value is -2.89. The highest BCUT2D eigenvalue weighted by Crippen LogP contribution is 2.26. The molecule has 0 saturated carbocycles. The lowest BCUT2D eigenvalue weighted by Crippen LogP contribution is -2.06. The van der Waals surface area contributed by atoms with Crippen LogP contribution in [0.1, 0.15) is 28.1 Å². The number of fused-ring (bicyclic) bond motifs is 1. The molecule has 0 saturated heterocycles. The first-order valence-electron chi connectivity index (χ1n) is 7.81. The van der Waals surface area contributed by atoms with Crippen LogP contribution in [-0.2, 0) is 6.54 Å². The summed E-state index contributed by atoms with van der Waals surface area (Å²) in [5.41, 5.74) is 6.79. The Kier molecular flexibility index (Phi) is 3.97. The first kappa shape index (κ1) is 16.0. The van der Waals surface area contributed by atoms with Gasteiger partial charge in [-0.15, -0.1) is 0 Å². The zero-order valence-corrected chi connectivity index (χ0v) is 14.3. The van der Waals surface area contributed by atoms with Gasteiger partial charge in [0, 0.05) is 18.3 Å². The van der Waals surface area contributed by atoms with Crippen LogP contribution in [0.15, 0.2) is 30.5 Å². The summed E-state index contributed by atoms with van der Waals surface area (Å²) >= 11 is 0. The van der Waals surface area contributed by atoms with Crippen LogP contribution in [-0.4, -0.2) is 14.3 Å². The summed E-state index contributed by atoms with van der Waals surface area (Å²) in [5.74, 6) is 0. The number of benzene rings is 1. The number of nitro groups is 1. The fraction of sp³-hybridized carbons (Fsp3) is 0.278. The van der Waals surface area contributed by atoms with Gasteiger partial charge in [-0.2, -0.15) is 0 Å². The van der Waals surface area contributed by atoms with Crippen molar-refractivity contribution in [2.45, 2.75) is 34.2 Å². The summed E-state index contributed by atoms with van der Waals surface area (Å²) in [6.45, 7) is 8.55. The predicted molar refractivity (Wildman–Crippen MR) is 94.6 cm³/mol. The summed E-state index contributed by atoms with van der Waals surface area (Å²) < 4.78 is 1.78. The smallest absolute Gasteiger partial charge is 0.288 e. The van der Waals surface area contributed by atoms with Crippen molar-refractivity contribution in [1.29, 1.82) is 0 Å². The van der Waals surface area contributed by atoms with E-state index in [1.165, 1.54) is 22.9 Å². The molecule has 0 radical (unpaired) electrons. The molecule has 0 atom stereocenters. The van der Waals surface area contributed by atoms with Crippen LogP contribution in [0, 0.1) is 37.8 Å². The number of nitrogens with one attached hydrogen (secondary N) is 1. The number of hydrogen-bond acceptors (Lipinski definition) is 4. The number of aryl methyl sites for hydroxylation is 4. The summed E-state index contributed by atoms with van der Waals surface area (Å²) in [4.78, 5) is 15.4. The van der Waals surface area contributed by atoms with Crippen molar-refractivity contribution in [3.8, 4) is 0 Å². The topological polar surface area (TPSA) is 72.5 Å². The van der Waals surface area contributed by atoms with Crippen LogP contribution >= 0.6 is 0 Å². The average molecular weight is 324 g/mol. The molecule has 0 aliphatic heterocycles. The van der Waals surface area contributed by atoms with Crippen molar-refractivity contribution in [2.75, 3.05) is 5.32 Å². The number of nitrogens with zero attached hydrogens (tertiary/aromatic N) is 3. The Morgan fingerprint density at radius 3 is 2.50 bits per heavy atom. The Morgan fingerprint density at radius 2 is 1.88 bits per heavy atom. The Morgan fingerprint density at radius 1 is 1.21 bits per heavy atom. The van der Waals surface area contributed by atoms with Crippen molar-refractivity contribution < 1.29 is 4.92 Å². The van der Waals surface area contributed by atoms with E-state index in [2.05, 4.69) is 36.3 Å². The van der Waals surface area contributed by atoms with Crippen molar-refractivity contribution in [2.24, 2.45) is 0 Å². The zero-order valence-electron chi connectivity index (χ0n) is 14.3. The van der Waals surface area contributed by atoms with E-state index >= 15 is 0 Å². The molecule has 0 amide bonds. The van der Waals surface area contributed by atoms with E-state index in [1.54, 1.807) is 10.5 Å². The van der Waals surface area contributed by atoms with Crippen molar-refractivity contribution in [3.05, 3.63) is 68.7 Å². The van der Waals surface area contributed by atoms with Crippen LogP contribution in [0.5, 0.6) is 0 Å². The normalized spacial score (nSPS) is 11.0. The van der Waals surface area contributed by atoms with E-state index in [0.29, 0.717) is 17.9 Å². The summed E-state index contributed by atoms with van der Waals surface area (Å²) in [6.07, 6.45) is 1.52. The van der Waals surface area contributed by atoms with Crippen molar-refractivity contribution >= 4 is 17.0 Å². The van der Waals surface area contributed by atoms with E-state index in [-0.39, 0.29) is 10.6 Å². The quantitative estimate of drug-likeness (QED) is 0.579. The van der Waals surface area contributed by atoms with Crippen LogP contribution < -0.4 is 5.32 Å². The Labute approximate surface area is 140 Å². The first-order chi connectivity index (χ1) is 11.4. The van der Waals surface area contributed by atoms with E-state index in [9.17, 15) is 10.1 Å². The van der Waals surface area contributed by atoms with E-state index in [1.807, 2.05) is 19.9 Å². The van der Waals surface area contributed by atoms with Gasteiger partial charge < -0.3 is 5.32 Å². The van der Waals surface area contributed by atoms with Crippen molar-refractivity contribution in [3.63, 3.8) is 0 Å². The molecular weight excluding hydrogens is 304 g/mol. The van der Waals surface area contributed by atoms with Gasteiger partial charge >= 0.3 is 0 Å². The lowest BCUT2D eigenvalue weighted by molar-refractivity contribution is -0.385. The first-order valence-corrected chi connectivity index (χ1v) is 7.81. The molecule has 0 aliphatic rings. The van der Waals surface area contributed by atoms with E-state index in [4.69, 9.17) is 0 Å². The molecule has 0 unspecified atom stereocenters. The Bertz CT molecular complexity index is 924. The molecule has 0 spiro atoms. The summed E-state index contributed by atoms with van der Waals surface area (Å²) in [5, 5.41) is 14.6. The number of imidazole rings is 1. The number of pyridine rings is 1. The number of hydrogen-bond donors (Lipinski definition) is 1. The molecule has 1 aromatic carbocycles. The molecule has 6 nitrogen and oxygen atoms in total. The van der Waals surface area contributed by atoms with Gasteiger partial charge in [0.15, 0.2) is 5.65 Å². The molecular formula is C18H20N4O2. The number of anilines is 1. The molecule has 1 N–H and O–H groups in total. The third kappa shape index (κ3) is 2.71. The van der Waals surface area contributed by atoms with Gasteiger partial charge in [-0.05, 0) is 44.4 Å². The second-order valence-electron chi connectivity index (χ2n) is 6.07. The average Bonchev–Trinajstić information content (AvgIpc) is 2.82. The fourth-order valence-corrected chi connectivity index (χ4v) is 2.90. The van der Waals surface area contributed by atoms with Crippen LogP contribution in [0.25, 0.3) is 5.65 Å². The number of aromatic nitrogens is 2. The minimum absolute atomic E-state index is 0.0482. The monoisotopic (exact) mass is 324 g/mol. The molecule has 3 aromatic rings. The van der Waals surface area contributed by atoms with Gasteiger partial charge in [-0.3, -0.25) is 14.5 Å². The molecule has 24 heavy (non-hydrogen) atoms. The second kappa shape index (κ2) is 5.96. The maximum absolute atomic E-state index is 11.2. The van der Waals surface area contributed by atoms with E-state index < -0.39 is 0 Å². The molecule has 0 fully saturated rings. The lowest BCUT2D eigenvalue weighted by atomic mass is 10.0. The van der Waals surface area contributed by atoms with Gasteiger partial charge in [0.2, 0.25) is 0 Å². The molecule has 6 heteroatoms. The summed E-state index contributed by atoms with van der Waals surface area (Å²) in [6, 6.07) is 7.71. The maximum Gasteiger partial charge on any atom is 0.288 e. The highest BCUT2D eigenvalue weighted by atomic mass is 16.6. The Balaban J connectivity index is 2.05. The fourth-order valence-electron chi connectivity index (χ4n) is 2.90. The predicted octanol–water partition coefficient (Wildman–Crippen LogP) is 4.09. The maximum atomic E-state index is 11.2. The third-order valence-electron chi connectivity index (χ3n) is 4.49. The zero-order chi connectivity index (χ0) is 17.4. The molecule has 124 valence electrons. The third-order valence-corrected chi connectivity index (χ3v) is 4.49. The highest BCUT2D eigenvalue weighted by molar-refractivity contribution is 5.71. The van der Waals surface area contributed by atoms with Gasteiger partial charge in [-0.1, -0.05) is 18.2 Å². The molecule has 3 rings (SSSR count). The van der Waals surface area contributed by atoms with Gasteiger partial charge in [0.25, 0.3) is 5.69 Å². The van der Waals surface area contributed by atoms with Gasteiger partial charge in [-0.25, -0.2) is 4.98 Å². The number of rotatable bonds is 4. The largest absolute Gasteiger partial charge is 0.378 e. The van der Waals surface area contributed by atoms with Gasteiger partial charge in [0.05, 0.1) is 22.5 Å². The summed E-state index contributed by atoms with van der Waals surface area (Å²) in [7, 11) is 0. The van der Waals surface area contributed by atoms with Crippen molar-refractivity contribution in [1.82, 2.24) is 9.38 Å². The SMILES string of the molecule is Cc1cccc(C)c1CNc1cc([N+](=O)[O-])cn2c(C)c(C)nc12. The minimum atomic E-state index is -0.377.